The first-order chi connectivity index (χ1) is 11.4. The topological polar surface area (TPSA) is 115 Å². The monoisotopic (exact) mass is 329 g/mol. The van der Waals surface area contributed by atoms with Crippen molar-refractivity contribution in [1.29, 1.82) is 0 Å². The first-order valence-corrected chi connectivity index (χ1v) is 7.15. The van der Waals surface area contributed by atoms with Gasteiger partial charge in [0, 0.05) is 18.2 Å². The van der Waals surface area contributed by atoms with Crippen molar-refractivity contribution in [3.8, 4) is 0 Å². The Kier molecular flexibility index (Phi) is 5.20. The molecule has 0 bridgehead atoms. The van der Waals surface area contributed by atoms with E-state index in [1.807, 2.05) is 30.3 Å². The molecule has 0 saturated heterocycles. The standard InChI is InChI=1S/C16H15N3O5/c1-11(7-12-5-3-2-4-6-12)17-16(20)13-8-14(18(21)22)10-15(9-13)19(23)24/h2-6,8-11H,7H2,1H3,(H,17,20)/t11-/m0/s1. The number of amides is 1. The minimum absolute atomic E-state index is 0.115. The molecule has 8 nitrogen and oxygen atoms in total. The summed E-state index contributed by atoms with van der Waals surface area (Å²) in [6.45, 7) is 1.79. The molecule has 124 valence electrons. The second kappa shape index (κ2) is 7.32. The minimum Gasteiger partial charge on any atom is -0.349 e. The van der Waals surface area contributed by atoms with Crippen molar-refractivity contribution in [2.45, 2.75) is 19.4 Å². The van der Waals surface area contributed by atoms with E-state index >= 15 is 0 Å². The summed E-state index contributed by atoms with van der Waals surface area (Å²) < 4.78 is 0. The fraction of sp³-hybridized carbons (Fsp3) is 0.188. The lowest BCUT2D eigenvalue weighted by Gasteiger charge is -2.14. The molecule has 2 aromatic carbocycles. The highest BCUT2D eigenvalue weighted by molar-refractivity contribution is 5.95. The summed E-state index contributed by atoms with van der Waals surface area (Å²) >= 11 is 0. The maximum atomic E-state index is 12.2. The largest absolute Gasteiger partial charge is 0.349 e. The van der Waals surface area contributed by atoms with Gasteiger partial charge < -0.3 is 5.32 Å². The van der Waals surface area contributed by atoms with E-state index < -0.39 is 27.1 Å². The molecule has 0 unspecified atom stereocenters. The van der Waals surface area contributed by atoms with Crippen LogP contribution in [0.15, 0.2) is 48.5 Å². The number of nitro benzene ring substituents is 2. The zero-order valence-electron chi connectivity index (χ0n) is 12.8. The summed E-state index contributed by atoms with van der Waals surface area (Å²) in [6, 6.07) is 12.1. The lowest BCUT2D eigenvalue weighted by molar-refractivity contribution is -0.394. The number of benzene rings is 2. The van der Waals surface area contributed by atoms with E-state index in [2.05, 4.69) is 5.32 Å². The molecule has 0 aliphatic rings. The fourth-order valence-corrected chi connectivity index (χ4v) is 2.26. The van der Waals surface area contributed by atoms with Crippen molar-refractivity contribution in [1.82, 2.24) is 5.32 Å². The molecule has 0 spiro atoms. The summed E-state index contributed by atoms with van der Waals surface area (Å²) in [6.07, 6.45) is 0.573. The Bertz CT molecular complexity index is 744. The number of nitro groups is 2. The van der Waals surface area contributed by atoms with Gasteiger partial charge in [-0.2, -0.15) is 0 Å². The van der Waals surface area contributed by atoms with Gasteiger partial charge in [-0.15, -0.1) is 0 Å². The third-order valence-electron chi connectivity index (χ3n) is 3.35. The number of rotatable bonds is 6. The van der Waals surface area contributed by atoms with E-state index in [4.69, 9.17) is 0 Å². The van der Waals surface area contributed by atoms with Gasteiger partial charge in [-0.25, -0.2) is 0 Å². The van der Waals surface area contributed by atoms with Gasteiger partial charge in [-0.3, -0.25) is 25.0 Å². The molecule has 1 atom stereocenters. The molecule has 0 heterocycles. The third-order valence-corrected chi connectivity index (χ3v) is 3.35. The van der Waals surface area contributed by atoms with Crippen LogP contribution in [0.1, 0.15) is 22.8 Å². The van der Waals surface area contributed by atoms with E-state index in [-0.39, 0.29) is 11.6 Å². The number of non-ortho nitro benzene ring substituents is 2. The maximum absolute atomic E-state index is 12.2. The summed E-state index contributed by atoms with van der Waals surface area (Å²) in [4.78, 5) is 32.4. The molecular weight excluding hydrogens is 314 g/mol. The van der Waals surface area contributed by atoms with Gasteiger partial charge >= 0.3 is 0 Å². The van der Waals surface area contributed by atoms with Crippen molar-refractivity contribution < 1.29 is 14.6 Å². The van der Waals surface area contributed by atoms with Crippen LogP contribution in [0.25, 0.3) is 0 Å². The molecule has 0 radical (unpaired) electrons. The SMILES string of the molecule is C[C@@H](Cc1ccccc1)NC(=O)c1cc([N+](=O)[O-])cc([N+](=O)[O-])c1. The van der Waals surface area contributed by atoms with Crippen LogP contribution in [0.4, 0.5) is 11.4 Å². The van der Waals surface area contributed by atoms with Gasteiger partial charge in [0.2, 0.25) is 0 Å². The summed E-state index contributed by atoms with van der Waals surface area (Å²) in [5, 5.41) is 24.4. The molecule has 1 N–H and O–H groups in total. The van der Waals surface area contributed by atoms with Gasteiger partial charge in [0.1, 0.15) is 0 Å². The molecule has 0 fully saturated rings. The predicted octanol–water partition coefficient (Wildman–Crippen LogP) is 2.86. The number of nitrogens with one attached hydrogen (secondary N) is 1. The normalized spacial score (nSPS) is 11.5. The number of nitrogens with zero attached hydrogens (tertiary/aromatic N) is 2. The molecular formula is C16H15N3O5. The minimum atomic E-state index is -0.767. The van der Waals surface area contributed by atoms with E-state index in [1.54, 1.807) is 6.92 Å². The summed E-state index contributed by atoms with van der Waals surface area (Å²) in [5.74, 6) is -0.592. The predicted molar refractivity (Wildman–Crippen MR) is 86.8 cm³/mol. The highest BCUT2D eigenvalue weighted by atomic mass is 16.6. The zero-order chi connectivity index (χ0) is 17.7. The van der Waals surface area contributed by atoms with E-state index in [0.717, 1.165) is 23.8 Å². The highest BCUT2D eigenvalue weighted by Gasteiger charge is 2.20. The van der Waals surface area contributed by atoms with Crippen molar-refractivity contribution in [2.24, 2.45) is 0 Å². The van der Waals surface area contributed by atoms with Gasteiger partial charge in [0.05, 0.1) is 21.5 Å². The Morgan fingerprint density at radius 1 is 1.04 bits per heavy atom. The smallest absolute Gasteiger partial charge is 0.277 e. The van der Waals surface area contributed by atoms with Crippen molar-refractivity contribution in [3.05, 3.63) is 79.9 Å². The number of hydrogen-bond acceptors (Lipinski definition) is 5. The Balaban J connectivity index is 2.16. The molecule has 2 aromatic rings. The van der Waals surface area contributed by atoms with Gasteiger partial charge in [-0.05, 0) is 18.9 Å². The van der Waals surface area contributed by atoms with Crippen molar-refractivity contribution in [2.75, 3.05) is 0 Å². The Labute approximate surface area is 137 Å². The molecule has 0 aromatic heterocycles. The van der Waals surface area contributed by atoms with Gasteiger partial charge in [0.15, 0.2) is 0 Å². The Morgan fingerprint density at radius 2 is 1.58 bits per heavy atom. The van der Waals surface area contributed by atoms with E-state index in [1.165, 1.54) is 0 Å². The molecule has 1 amide bonds. The highest BCUT2D eigenvalue weighted by Crippen LogP contribution is 2.22. The fourth-order valence-electron chi connectivity index (χ4n) is 2.26. The van der Waals surface area contributed by atoms with Crippen LogP contribution in [-0.2, 0) is 6.42 Å². The second-order valence-electron chi connectivity index (χ2n) is 5.32. The van der Waals surface area contributed by atoms with Crippen LogP contribution in [0.2, 0.25) is 0 Å². The first kappa shape index (κ1) is 17.1. The van der Waals surface area contributed by atoms with E-state index in [9.17, 15) is 25.0 Å². The molecule has 0 saturated carbocycles. The van der Waals surface area contributed by atoms with Crippen LogP contribution >= 0.6 is 0 Å². The maximum Gasteiger partial charge on any atom is 0.277 e. The summed E-state index contributed by atoms with van der Waals surface area (Å²) in [5.41, 5.74) is -0.0822. The zero-order valence-corrected chi connectivity index (χ0v) is 12.8. The second-order valence-corrected chi connectivity index (χ2v) is 5.32. The lowest BCUT2D eigenvalue weighted by atomic mass is 10.1. The van der Waals surface area contributed by atoms with Crippen LogP contribution < -0.4 is 5.32 Å². The van der Waals surface area contributed by atoms with Crippen LogP contribution in [-0.4, -0.2) is 21.8 Å². The Morgan fingerprint density at radius 3 is 2.08 bits per heavy atom. The van der Waals surface area contributed by atoms with Crippen LogP contribution in [0, 0.1) is 20.2 Å². The molecule has 8 heteroatoms. The van der Waals surface area contributed by atoms with E-state index in [0.29, 0.717) is 6.42 Å². The molecule has 24 heavy (non-hydrogen) atoms. The average molecular weight is 329 g/mol. The third kappa shape index (κ3) is 4.35. The number of carbonyl (C=O) groups is 1. The lowest BCUT2D eigenvalue weighted by Crippen LogP contribution is -2.34. The van der Waals surface area contributed by atoms with Gasteiger partial charge in [-0.1, -0.05) is 30.3 Å². The molecule has 0 aliphatic carbocycles. The molecule has 2 rings (SSSR count). The number of hydrogen-bond donors (Lipinski definition) is 1. The van der Waals surface area contributed by atoms with Crippen molar-refractivity contribution >= 4 is 17.3 Å². The Hall–Kier alpha value is -3.29. The summed E-state index contributed by atoms with van der Waals surface area (Å²) in [7, 11) is 0. The van der Waals surface area contributed by atoms with Crippen LogP contribution in [0.3, 0.4) is 0 Å². The average Bonchev–Trinajstić information content (AvgIpc) is 2.55. The number of carbonyl (C=O) groups excluding carboxylic acids is 1. The first-order valence-electron chi connectivity index (χ1n) is 7.15. The van der Waals surface area contributed by atoms with Crippen molar-refractivity contribution in [3.63, 3.8) is 0 Å². The molecule has 0 aliphatic heterocycles. The van der Waals surface area contributed by atoms with Crippen LogP contribution in [0.5, 0.6) is 0 Å². The quantitative estimate of drug-likeness (QED) is 0.646. The van der Waals surface area contributed by atoms with Gasteiger partial charge in [0.25, 0.3) is 17.3 Å².